The molecule has 2 heterocycles. The van der Waals surface area contributed by atoms with Crippen LogP contribution in [0.4, 0.5) is 11.4 Å². The highest BCUT2D eigenvalue weighted by molar-refractivity contribution is 6.35. The lowest BCUT2D eigenvalue weighted by atomic mass is 10.2. The van der Waals surface area contributed by atoms with Gasteiger partial charge >= 0.3 is 0 Å². The van der Waals surface area contributed by atoms with Crippen LogP contribution in [-0.2, 0) is 0 Å². The molecule has 3 N–H and O–H groups in total. The van der Waals surface area contributed by atoms with Gasteiger partial charge in [0, 0.05) is 0 Å². The SMILES string of the molecule is Cc1cc(Cl)nc(Cl)c1NC(=O)c1cc(Cl)ncc1N. The standard InChI is InChI=1S/C12H9Cl3N4O/c1-5-2-9(14)18-11(15)10(5)19-12(20)6-3-8(13)17-4-7(6)16/h2-4H,16H2,1H3,(H,19,20). The summed E-state index contributed by atoms with van der Waals surface area (Å²) in [6.45, 7) is 1.75. The number of nitrogen functional groups attached to an aromatic ring is 1. The maximum absolute atomic E-state index is 12.2. The molecule has 2 rings (SSSR count). The highest BCUT2D eigenvalue weighted by Gasteiger charge is 2.15. The van der Waals surface area contributed by atoms with Crippen molar-refractivity contribution in [2.75, 3.05) is 11.1 Å². The van der Waals surface area contributed by atoms with E-state index in [4.69, 9.17) is 40.5 Å². The average Bonchev–Trinajstić information content (AvgIpc) is 2.36. The van der Waals surface area contributed by atoms with Crippen molar-refractivity contribution in [3.05, 3.63) is 44.9 Å². The maximum atomic E-state index is 12.2. The molecule has 5 nitrogen and oxygen atoms in total. The zero-order valence-electron chi connectivity index (χ0n) is 10.2. The lowest BCUT2D eigenvalue weighted by Gasteiger charge is -2.11. The van der Waals surface area contributed by atoms with E-state index in [0.29, 0.717) is 11.3 Å². The summed E-state index contributed by atoms with van der Waals surface area (Å²) in [6.07, 6.45) is 1.31. The van der Waals surface area contributed by atoms with Crippen molar-refractivity contribution < 1.29 is 4.79 Å². The molecule has 0 aliphatic rings. The molecule has 0 saturated heterocycles. The third kappa shape index (κ3) is 3.12. The van der Waals surface area contributed by atoms with E-state index in [1.54, 1.807) is 13.0 Å². The molecule has 0 atom stereocenters. The molecular formula is C12H9Cl3N4O. The number of amides is 1. The van der Waals surface area contributed by atoms with Crippen LogP contribution < -0.4 is 11.1 Å². The Morgan fingerprint density at radius 2 is 1.95 bits per heavy atom. The van der Waals surface area contributed by atoms with Gasteiger partial charge in [-0.3, -0.25) is 4.79 Å². The van der Waals surface area contributed by atoms with E-state index in [1.165, 1.54) is 12.3 Å². The van der Waals surface area contributed by atoms with Gasteiger partial charge in [0.05, 0.1) is 23.1 Å². The van der Waals surface area contributed by atoms with Crippen LogP contribution in [0.2, 0.25) is 15.5 Å². The van der Waals surface area contributed by atoms with Crippen molar-refractivity contribution >= 4 is 52.1 Å². The van der Waals surface area contributed by atoms with Crippen molar-refractivity contribution in [3.63, 3.8) is 0 Å². The number of hydrogen-bond donors (Lipinski definition) is 2. The second-order valence-corrected chi connectivity index (χ2v) is 5.11. The number of carbonyl (C=O) groups is 1. The van der Waals surface area contributed by atoms with E-state index >= 15 is 0 Å². The number of nitrogens with two attached hydrogens (primary N) is 1. The molecule has 0 bridgehead atoms. The molecule has 0 saturated carbocycles. The largest absolute Gasteiger partial charge is 0.397 e. The lowest BCUT2D eigenvalue weighted by molar-refractivity contribution is 0.102. The van der Waals surface area contributed by atoms with Crippen molar-refractivity contribution in [3.8, 4) is 0 Å². The quantitative estimate of drug-likeness (QED) is 0.824. The van der Waals surface area contributed by atoms with Gasteiger partial charge in [0.2, 0.25) is 0 Å². The number of nitrogens with one attached hydrogen (secondary N) is 1. The monoisotopic (exact) mass is 330 g/mol. The van der Waals surface area contributed by atoms with Crippen molar-refractivity contribution in [1.29, 1.82) is 0 Å². The zero-order valence-corrected chi connectivity index (χ0v) is 12.5. The Morgan fingerprint density at radius 1 is 1.25 bits per heavy atom. The second-order valence-electron chi connectivity index (χ2n) is 3.98. The smallest absolute Gasteiger partial charge is 0.258 e. The molecule has 2 aromatic rings. The van der Waals surface area contributed by atoms with E-state index in [9.17, 15) is 4.79 Å². The zero-order chi connectivity index (χ0) is 14.9. The van der Waals surface area contributed by atoms with Crippen molar-refractivity contribution in [2.24, 2.45) is 0 Å². The van der Waals surface area contributed by atoms with Crippen LogP contribution in [0.25, 0.3) is 0 Å². The number of nitrogens with zero attached hydrogens (tertiary/aromatic N) is 2. The first-order valence-corrected chi connectivity index (χ1v) is 6.57. The molecule has 2 aromatic heterocycles. The first kappa shape index (κ1) is 14.8. The molecule has 1 amide bonds. The van der Waals surface area contributed by atoms with Crippen LogP contribution >= 0.6 is 34.8 Å². The minimum atomic E-state index is -0.457. The molecule has 0 aliphatic carbocycles. The average molecular weight is 332 g/mol. The third-order valence-corrected chi connectivity index (χ3v) is 3.20. The first-order valence-electron chi connectivity index (χ1n) is 5.43. The highest BCUT2D eigenvalue weighted by atomic mass is 35.5. The fourth-order valence-corrected chi connectivity index (χ4v) is 2.30. The van der Waals surface area contributed by atoms with Gasteiger partial charge in [-0.05, 0) is 24.6 Å². The summed E-state index contributed by atoms with van der Waals surface area (Å²) >= 11 is 17.5. The minimum absolute atomic E-state index is 0.0991. The molecular weight excluding hydrogens is 323 g/mol. The molecule has 8 heteroatoms. The minimum Gasteiger partial charge on any atom is -0.397 e. The predicted octanol–water partition coefficient (Wildman–Crippen LogP) is 3.58. The van der Waals surface area contributed by atoms with Crippen LogP contribution in [-0.4, -0.2) is 15.9 Å². The summed E-state index contributed by atoms with van der Waals surface area (Å²) in [5.74, 6) is -0.457. The number of carbonyl (C=O) groups excluding carboxylic acids is 1. The molecule has 0 fully saturated rings. The normalized spacial score (nSPS) is 10.4. The van der Waals surface area contributed by atoms with Gasteiger partial charge in [-0.25, -0.2) is 9.97 Å². The molecule has 0 aromatic carbocycles. The summed E-state index contributed by atoms with van der Waals surface area (Å²) in [7, 11) is 0. The van der Waals surface area contributed by atoms with Crippen LogP contribution in [0, 0.1) is 6.92 Å². The summed E-state index contributed by atoms with van der Waals surface area (Å²) in [5, 5.41) is 3.15. The summed E-state index contributed by atoms with van der Waals surface area (Å²) in [4.78, 5) is 19.8. The van der Waals surface area contributed by atoms with Gasteiger partial charge in [0.1, 0.15) is 10.3 Å². The van der Waals surface area contributed by atoms with Gasteiger partial charge in [0.15, 0.2) is 5.15 Å². The Hall–Kier alpha value is -1.56. The number of pyridine rings is 2. The summed E-state index contributed by atoms with van der Waals surface area (Å²) in [5.41, 5.74) is 7.16. The van der Waals surface area contributed by atoms with Gasteiger partial charge in [-0.1, -0.05) is 34.8 Å². The molecule has 0 unspecified atom stereocenters. The van der Waals surface area contributed by atoms with Crippen LogP contribution in [0.3, 0.4) is 0 Å². The van der Waals surface area contributed by atoms with Crippen LogP contribution in [0.1, 0.15) is 15.9 Å². The number of halogens is 3. The van der Waals surface area contributed by atoms with Crippen LogP contribution in [0.5, 0.6) is 0 Å². The van der Waals surface area contributed by atoms with Gasteiger partial charge < -0.3 is 11.1 Å². The first-order chi connectivity index (χ1) is 9.38. The fraction of sp³-hybridized carbons (Fsp3) is 0.0833. The number of aromatic nitrogens is 2. The van der Waals surface area contributed by atoms with Crippen LogP contribution in [0.15, 0.2) is 18.3 Å². The molecule has 0 aliphatic heterocycles. The van der Waals surface area contributed by atoms with E-state index in [0.717, 1.165) is 0 Å². The Balaban J connectivity index is 2.35. The summed E-state index contributed by atoms with van der Waals surface area (Å²) in [6, 6.07) is 2.96. The number of rotatable bonds is 2. The van der Waals surface area contributed by atoms with Gasteiger partial charge in [-0.2, -0.15) is 0 Å². The lowest BCUT2D eigenvalue weighted by Crippen LogP contribution is -2.15. The van der Waals surface area contributed by atoms with Crippen molar-refractivity contribution in [1.82, 2.24) is 9.97 Å². The number of aryl methyl sites for hydroxylation is 1. The van der Waals surface area contributed by atoms with Crippen molar-refractivity contribution in [2.45, 2.75) is 6.92 Å². The fourth-order valence-electron chi connectivity index (χ4n) is 1.56. The number of anilines is 2. The van der Waals surface area contributed by atoms with E-state index in [2.05, 4.69) is 15.3 Å². The highest BCUT2D eigenvalue weighted by Crippen LogP contribution is 2.27. The Bertz CT molecular complexity index is 667. The summed E-state index contributed by atoms with van der Waals surface area (Å²) < 4.78 is 0. The van der Waals surface area contributed by atoms with E-state index in [-0.39, 0.29) is 26.7 Å². The van der Waals surface area contributed by atoms with E-state index < -0.39 is 5.91 Å². The second kappa shape index (κ2) is 5.83. The topological polar surface area (TPSA) is 80.9 Å². The van der Waals surface area contributed by atoms with Gasteiger partial charge in [0.25, 0.3) is 5.91 Å². The Labute approximate surface area is 130 Å². The molecule has 0 radical (unpaired) electrons. The molecule has 0 spiro atoms. The molecule has 20 heavy (non-hydrogen) atoms. The Morgan fingerprint density at radius 3 is 2.60 bits per heavy atom. The number of hydrogen-bond acceptors (Lipinski definition) is 4. The maximum Gasteiger partial charge on any atom is 0.258 e. The third-order valence-electron chi connectivity index (χ3n) is 2.53. The van der Waals surface area contributed by atoms with E-state index in [1.807, 2.05) is 0 Å². The molecule has 104 valence electrons. The Kier molecular flexibility index (Phi) is 4.32. The van der Waals surface area contributed by atoms with Gasteiger partial charge in [-0.15, -0.1) is 0 Å². The predicted molar refractivity (Wildman–Crippen MR) is 80.6 cm³/mol.